The molecular formula is C18H26Br2Hf. The molecule has 0 atom stereocenters. The van der Waals surface area contributed by atoms with Crippen molar-refractivity contribution in [2.75, 3.05) is 0 Å². The Morgan fingerprint density at radius 2 is 1.19 bits per heavy atom. The van der Waals surface area contributed by atoms with Crippen LogP contribution in [0.5, 0.6) is 0 Å². The molecule has 2 aliphatic rings. The molecule has 0 amide bonds. The zero-order chi connectivity index (χ0) is 13.8. The first-order valence-electron chi connectivity index (χ1n) is 7.60. The van der Waals surface area contributed by atoms with Crippen molar-refractivity contribution in [3.05, 3.63) is 42.1 Å². The number of rotatable bonds is 6. The Balaban J connectivity index is 0.00000200. The summed E-state index contributed by atoms with van der Waals surface area (Å²) in [6.07, 6.45) is 14.7. The number of allylic oxidation sites excluding steroid dienone is 8. The molecular weight excluding hydrogens is 554 g/mol. The van der Waals surface area contributed by atoms with Crippen molar-refractivity contribution >= 4 is 0 Å². The van der Waals surface area contributed by atoms with Crippen molar-refractivity contribution in [1.29, 1.82) is 0 Å². The van der Waals surface area contributed by atoms with Crippen LogP contribution < -0.4 is 34.0 Å². The maximum absolute atomic E-state index is 2.41. The predicted octanol–water partition coefficient (Wildman–Crippen LogP) is -0.403. The van der Waals surface area contributed by atoms with Gasteiger partial charge in [0.1, 0.15) is 0 Å². The van der Waals surface area contributed by atoms with Crippen molar-refractivity contribution in [3.8, 4) is 0 Å². The van der Waals surface area contributed by atoms with E-state index in [1.807, 2.05) is 6.66 Å². The standard InChI is InChI=1S/2C9H13.2BrH.Hf/c2*1-8(2)7-9-5-3-4-6-9;;;/h2*3,5,8H,4,7H2,1-2H3;2*1H;/q;;;;+2/p-2. The fourth-order valence-electron chi connectivity index (χ4n) is 2.81. The summed E-state index contributed by atoms with van der Waals surface area (Å²) in [4.78, 5) is 0. The van der Waals surface area contributed by atoms with E-state index in [9.17, 15) is 0 Å². The second-order valence-electron chi connectivity index (χ2n) is 6.54. The zero-order valence-electron chi connectivity index (χ0n) is 13.5. The van der Waals surface area contributed by atoms with Gasteiger partial charge in [0.05, 0.1) is 0 Å². The maximum atomic E-state index is 2.41. The molecule has 2 aliphatic carbocycles. The summed E-state index contributed by atoms with van der Waals surface area (Å²) in [5, 5.41) is 0. The molecule has 3 heteroatoms. The molecule has 0 N–H and O–H groups in total. The summed E-state index contributed by atoms with van der Waals surface area (Å²) >= 11 is -0.740. The number of hydrogen-bond acceptors (Lipinski definition) is 0. The van der Waals surface area contributed by atoms with Crippen LogP contribution in [-0.4, -0.2) is 0 Å². The van der Waals surface area contributed by atoms with Crippen LogP contribution in [0, 0.1) is 11.8 Å². The van der Waals surface area contributed by atoms with Gasteiger partial charge in [-0.05, 0) is 0 Å². The van der Waals surface area contributed by atoms with E-state index < -0.39 is 22.9 Å². The van der Waals surface area contributed by atoms with Crippen molar-refractivity contribution in [2.45, 2.75) is 53.4 Å². The smallest absolute Gasteiger partial charge is 1.00 e. The summed E-state index contributed by atoms with van der Waals surface area (Å²) in [7, 11) is 0. The maximum Gasteiger partial charge on any atom is -1.00 e. The topological polar surface area (TPSA) is 0 Å². The Kier molecular flexibility index (Phi) is 10.9. The van der Waals surface area contributed by atoms with Crippen LogP contribution in [0.1, 0.15) is 53.4 Å². The van der Waals surface area contributed by atoms with Gasteiger partial charge in [0.2, 0.25) is 0 Å². The third kappa shape index (κ3) is 6.83. The molecule has 116 valence electrons. The minimum absolute atomic E-state index is 0. The molecule has 0 radical (unpaired) electrons. The predicted molar refractivity (Wildman–Crippen MR) is 80.5 cm³/mol. The summed E-state index contributed by atoms with van der Waals surface area (Å²) in [6.45, 7) is 9.35. The quantitative estimate of drug-likeness (QED) is 0.376. The molecule has 21 heavy (non-hydrogen) atoms. The van der Waals surface area contributed by atoms with E-state index in [-0.39, 0.29) is 34.0 Å². The molecule has 0 bridgehead atoms. The second kappa shape index (κ2) is 10.5. The normalized spacial score (nSPS) is 16.7. The molecule has 0 aromatic carbocycles. The van der Waals surface area contributed by atoms with Gasteiger partial charge in [-0.1, -0.05) is 0 Å². The summed E-state index contributed by atoms with van der Waals surface area (Å²) in [5.41, 5.74) is 3.39. The van der Waals surface area contributed by atoms with E-state index in [0.29, 0.717) is 0 Å². The van der Waals surface area contributed by atoms with Crippen molar-refractivity contribution in [3.63, 3.8) is 0 Å². The minimum atomic E-state index is -0.740. The van der Waals surface area contributed by atoms with Crippen LogP contribution in [0.4, 0.5) is 0 Å². The molecule has 0 fully saturated rings. The fraction of sp³-hybridized carbons (Fsp3) is 0.556. The second-order valence-corrected chi connectivity index (χ2v) is 11.8. The van der Waals surface area contributed by atoms with Gasteiger partial charge < -0.3 is 34.0 Å². The molecule has 2 rings (SSSR count). The first-order chi connectivity index (χ1) is 9.06. The molecule has 0 aromatic rings. The van der Waals surface area contributed by atoms with Gasteiger partial charge in [0, 0.05) is 0 Å². The summed E-state index contributed by atoms with van der Waals surface area (Å²) < 4.78 is 3.74. The van der Waals surface area contributed by atoms with Crippen molar-refractivity contribution < 1.29 is 56.9 Å². The average Bonchev–Trinajstić information content (AvgIpc) is 2.89. The van der Waals surface area contributed by atoms with E-state index in [1.165, 1.54) is 25.7 Å². The molecule has 0 saturated carbocycles. The van der Waals surface area contributed by atoms with Gasteiger partial charge in [0.15, 0.2) is 0 Å². The van der Waals surface area contributed by atoms with E-state index in [0.717, 1.165) is 11.8 Å². The number of halogens is 2. The Hall–Kier alpha value is 0.790. The Bertz CT molecular complexity index is 412. The van der Waals surface area contributed by atoms with Gasteiger partial charge in [-0.15, -0.1) is 0 Å². The third-order valence-electron chi connectivity index (χ3n) is 3.62. The van der Waals surface area contributed by atoms with E-state index in [2.05, 4.69) is 52.0 Å². The van der Waals surface area contributed by atoms with Crippen LogP contribution in [0.15, 0.2) is 42.1 Å². The summed E-state index contributed by atoms with van der Waals surface area (Å²) in [6, 6.07) is 0. The van der Waals surface area contributed by atoms with E-state index in [4.69, 9.17) is 0 Å². The van der Waals surface area contributed by atoms with Crippen LogP contribution in [0.25, 0.3) is 0 Å². The monoisotopic (exact) mass is 580 g/mol. The van der Waals surface area contributed by atoms with Gasteiger partial charge in [0.25, 0.3) is 0 Å². The van der Waals surface area contributed by atoms with Crippen LogP contribution >= 0.6 is 0 Å². The summed E-state index contributed by atoms with van der Waals surface area (Å²) in [5.74, 6) is 1.59. The Morgan fingerprint density at radius 1 is 0.810 bits per heavy atom. The molecule has 0 aromatic heterocycles. The first kappa shape index (κ1) is 21.8. The van der Waals surface area contributed by atoms with Crippen molar-refractivity contribution in [1.82, 2.24) is 0 Å². The molecule has 0 unspecified atom stereocenters. The molecule has 0 aliphatic heterocycles. The molecule has 0 spiro atoms. The first-order valence-corrected chi connectivity index (χ1v) is 11.2. The minimum Gasteiger partial charge on any atom is -1.00 e. The van der Waals surface area contributed by atoms with E-state index >= 15 is 0 Å². The van der Waals surface area contributed by atoms with Gasteiger partial charge in [-0.3, -0.25) is 0 Å². The average molecular weight is 581 g/mol. The van der Waals surface area contributed by atoms with E-state index in [1.54, 1.807) is 11.1 Å². The number of hydrogen-bond donors (Lipinski definition) is 0. The largest absolute Gasteiger partial charge is 1.00 e. The fourth-order valence-corrected chi connectivity index (χ4v) is 8.18. The van der Waals surface area contributed by atoms with Crippen molar-refractivity contribution in [2.24, 2.45) is 11.8 Å². The third-order valence-corrected chi connectivity index (χ3v) is 9.56. The Morgan fingerprint density at radius 3 is 1.52 bits per heavy atom. The molecule has 0 saturated heterocycles. The SMILES string of the molecule is CC(C)CC1=[C]([Hf+2][C]2=C(CC(C)C)C=CC2)CC=C1.[Br-].[Br-]. The van der Waals surface area contributed by atoms with Crippen LogP contribution in [0.3, 0.4) is 0 Å². The van der Waals surface area contributed by atoms with Gasteiger partial charge in [-0.2, -0.15) is 0 Å². The molecule has 0 nitrogen and oxygen atoms in total. The molecule has 0 heterocycles. The van der Waals surface area contributed by atoms with Crippen LogP contribution in [-0.2, 0) is 22.9 Å². The van der Waals surface area contributed by atoms with Gasteiger partial charge >= 0.3 is 130 Å². The Labute approximate surface area is 163 Å². The zero-order valence-corrected chi connectivity index (χ0v) is 20.3. The van der Waals surface area contributed by atoms with Crippen LogP contribution in [0.2, 0.25) is 0 Å². The van der Waals surface area contributed by atoms with Gasteiger partial charge in [-0.25, -0.2) is 0 Å².